The normalized spacial score (nSPS) is 23.4. The quantitative estimate of drug-likeness (QED) is 0.699. The Morgan fingerprint density at radius 2 is 1.70 bits per heavy atom. The van der Waals surface area contributed by atoms with E-state index in [1.807, 2.05) is 19.1 Å². The van der Waals surface area contributed by atoms with E-state index >= 15 is 0 Å². The Bertz CT molecular complexity index is 1120. The Morgan fingerprint density at radius 1 is 1.03 bits per heavy atom. The summed E-state index contributed by atoms with van der Waals surface area (Å²) in [5, 5.41) is 3.06. The van der Waals surface area contributed by atoms with Crippen molar-refractivity contribution in [3.8, 4) is 0 Å². The van der Waals surface area contributed by atoms with Crippen LogP contribution in [0.3, 0.4) is 0 Å². The van der Waals surface area contributed by atoms with Crippen LogP contribution in [0.2, 0.25) is 0 Å². The first-order chi connectivity index (χ1) is 15.6. The number of nitrogens with one attached hydrogen (secondary N) is 1. The molecule has 178 valence electrons. The van der Waals surface area contributed by atoms with Gasteiger partial charge in [0.1, 0.15) is 0 Å². The summed E-state index contributed by atoms with van der Waals surface area (Å²) in [6, 6.07) is 13.5. The van der Waals surface area contributed by atoms with Crippen LogP contribution in [0.15, 0.2) is 42.5 Å². The van der Waals surface area contributed by atoms with Crippen molar-refractivity contribution in [3.63, 3.8) is 0 Å². The second-order valence-corrected chi connectivity index (χ2v) is 11.9. The third kappa shape index (κ3) is 5.41. The minimum absolute atomic E-state index is 0.139. The lowest BCUT2D eigenvalue weighted by Gasteiger charge is -2.35. The zero-order chi connectivity index (χ0) is 23.8. The van der Waals surface area contributed by atoms with Gasteiger partial charge in [-0.2, -0.15) is 0 Å². The molecule has 0 aromatic heterocycles. The van der Waals surface area contributed by atoms with Crippen molar-refractivity contribution in [3.05, 3.63) is 64.7 Å². The van der Waals surface area contributed by atoms with Crippen molar-refractivity contribution >= 4 is 21.6 Å². The first-order valence-electron chi connectivity index (χ1n) is 11.8. The van der Waals surface area contributed by atoms with E-state index in [1.165, 1.54) is 22.5 Å². The molecule has 2 aromatic rings. The molecule has 0 spiro atoms. The van der Waals surface area contributed by atoms with Gasteiger partial charge in [-0.25, -0.2) is 8.42 Å². The predicted octanol–water partition coefficient (Wildman–Crippen LogP) is 3.81. The molecule has 1 amide bonds. The van der Waals surface area contributed by atoms with Gasteiger partial charge in [0.25, 0.3) is 5.91 Å². The van der Waals surface area contributed by atoms with Crippen LogP contribution in [0, 0.1) is 11.8 Å². The summed E-state index contributed by atoms with van der Waals surface area (Å²) in [4.78, 5) is 15.4. The van der Waals surface area contributed by atoms with E-state index in [0.29, 0.717) is 36.1 Å². The van der Waals surface area contributed by atoms with Gasteiger partial charge in [-0.05, 0) is 66.5 Å². The summed E-state index contributed by atoms with van der Waals surface area (Å²) in [5.41, 5.74) is 4.53. The summed E-state index contributed by atoms with van der Waals surface area (Å²) in [6.07, 6.45) is 3.12. The van der Waals surface area contributed by atoms with Gasteiger partial charge in [0.15, 0.2) is 0 Å². The molecule has 3 unspecified atom stereocenters. The number of nitrogens with zero attached hydrogens (tertiary/aromatic N) is 2. The maximum absolute atomic E-state index is 12.9. The molecule has 2 heterocycles. The number of sulfonamides is 1. The number of amides is 1. The first-order valence-corrected chi connectivity index (χ1v) is 13.7. The predicted molar refractivity (Wildman–Crippen MR) is 133 cm³/mol. The Labute approximate surface area is 198 Å². The topological polar surface area (TPSA) is 69.7 Å². The number of fused-ring (bicyclic) bond motifs is 1. The van der Waals surface area contributed by atoms with Crippen LogP contribution >= 0.6 is 0 Å². The average molecular weight is 470 g/mol. The molecule has 7 heteroatoms. The van der Waals surface area contributed by atoms with Gasteiger partial charge in [0.2, 0.25) is 10.0 Å². The number of anilines is 1. The molecule has 1 N–H and O–H groups in total. The van der Waals surface area contributed by atoms with Gasteiger partial charge in [0, 0.05) is 37.8 Å². The lowest BCUT2D eigenvalue weighted by atomic mass is 9.91. The molecular weight excluding hydrogens is 434 g/mol. The molecule has 0 aliphatic carbocycles. The highest BCUT2D eigenvalue weighted by Crippen LogP contribution is 2.34. The first kappa shape index (κ1) is 23.8. The minimum atomic E-state index is -3.34. The number of likely N-dealkylation sites (tertiary alicyclic amines) is 1. The van der Waals surface area contributed by atoms with Gasteiger partial charge >= 0.3 is 0 Å². The number of piperidine rings is 1. The minimum Gasteiger partial charge on any atom is -0.348 e. The maximum Gasteiger partial charge on any atom is 0.251 e. The lowest BCUT2D eigenvalue weighted by Crippen LogP contribution is -2.38. The fraction of sp³-hybridized carbons (Fsp3) is 0.500. The van der Waals surface area contributed by atoms with Crippen molar-refractivity contribution in [2.75, 3.05) is 23.7 Å². The summed E-state index contributed by atoms with van der Waals surface area (Å²) >= 11 is 0. The van der Waals surface area contributed by atoms with Gasteiger partial charge in [-0.3, -0.25) is 14.0 Å². The second-order valence-electron chi connectivity index (χ2n) is 10.0. The highest BCUT2D eigenvalue weighted by Gasteiger charge is 2.32. The van der Waals surface area contributed by atoms with E-state index in [-0.39, 0.29) is 11.9 Å². The number of rotatable bonds is 6. The standard InChI is InChI=1S/C26H35N3O3S/c1-18-11-19(2)16-28(15-18)17-23-8-6-5-7-22(23)14-27-26(30)21-9-10-25-24(13-21)12-20(3)29(25)33(4,31)32/h5-10,13,18-20H,11-12,14-17H2,1-4H3,(H,27,30). The van der Waals surface area contributed by atoms with Gasteiger partial charge in [-0.1, -0.05) is 38.1 Å². The van der Waals surface area contributed by atoms with Gasteiger partial charge in [0.05, 0.1) is 11.9 Å². The highest BCUT2D eigenvalue weighted by molar-refractivity contribution is 7.92. The summed E-state index contributed by atoms with van der Waals surface area (Å²) < 4.78 is 25.7. The van der Waals surface area contributed by atoms with Crippen LogP contribution in [0.25, 0.3) is 0 Å². The van der Waals surface area contributed by atoms with E-state index in [1.54, 1.807) is 12.1 Å². The fourth-order valence-electron chi connectivity index (χ4n) is 5.57. The van der Waals surface area contributed by atoms with Crippen LogP contribution < -0.4 is 9.62 Å². The molecule has 4 rings (SSSR count). The van der Waals surface area contributed by atoms with Crippen molar-refractivity contribution in [2.24, 2.45) is 11.8 Å². The van der Waals surface area contributed by atoms with Crippen LogP contribution in [0.5, 0.6) is 0 Å². The van der Waals surface area contributed by atoms with E-state index in [9.17, 15) is 13.2 Å². The Kier molecular flexibility index (Phi) is 6.82. The van der Waals surface area contributed by atoms with E-state index in [0.717, 1.165) is 30.8 Å². The molecule has 3 atom stereocenters. The number of hydrogen-bond donors (Lipinski definition) is 1. The highest BCUT2D eigenvalue weighted by atomic mass is 32.2. The van der Waals surface area contributed by atoms with Crippen molar-refractivity contribution in [2.45, 2.75) is 52.7 Å². The lowest BCUT2D eigenvalue weighted by molar-refractivity contribution is 0.0950. The van der Waals surface area contributed by atoms with E-state index in [4.69, 9.17) is 0 Å². The molecule has 0 bridgehead atoms. The Morgan fingerprint density at radius 3 is 2.36 bits per heavy atom. The molecule has 1 saturated heterocycles. The maximum atomic E-state index is 12.9. The zero-order valence-electron chi connectivity index (χ0n) is 20.0. The molecule has 2 aliphatic heterocycles. The summed E-state index contributed by atoms with van der Waals surface area (Å²) in [7, 11) is -3.34. The summed E-state index contributed by atoms with van der Waals surface area (Å²) in [5.74, 6) is 1.28. The van der Waals surface area contributed by atoms with E-state index < -0.39 is 10.0 Å². The molecule has 0 saturated carbocycles. The largest absolute Gasteiger partial charge is 0.348 e. The molecule has 2 aliphatic rings. The number of carbonyl (C=O) groups is 1. The van der Waals surface area contributed by atoms with Crippen molar-refractivity contribution in [1.29, 1.82) is 0 Å². The Balaban J connectivity index is 1.44. The van der Waals surface area contributed by atoms with Crippen LogP contribution in [0.4, 0.5) is 5.69 Å². The van der Waals surface area contributed by atoms with E-state index in [2.05, 4.69) is 42.3 Å². The molecule has 6 nitrogen and oxygen atoms in total. The molecule has 2 aromatic carbocycles. The number of hydrogen-bond acceptors (Lipinski definition) is 4. The Hall–Kier alpha value is -2.38. The number of benzene rings is 2. The molecule has 0 radical (unpaired) electrons. The molecule has 33 heavy (non-hydrogen) atoms. The third-order valence-corrected chi connectivity index (χ3v) is 8.02. The van der Waals surface area contributed by atoms with Crippen molar-refractivity contribution in [1.82, 2.24) is 10.2 Å². The fourth-order valence-corrected chi connectivity index (χ4v) is 6.84. The summed E-state index contributed by atoms with van der Waals surface area (Å²) in [6.45, 7) is 10.1. The molecular formula is C26H35N3O3S. The SMILES string of the molecule is CC1CC(C)CN(Cc2ccccc2CNC(=O)c2ccc3c(c2)CC(C)N3S(C)(=O)=O)C1. The van der Waals surface area contributed by atoms with Gasteiger partial charge in [-0.15, -0.1) is 0 Å². The third-order valence-electron chi connectivity index (χ3n) is 6.75. The number of carbonyl (C=O) groups excluding carboxylic acids is 1. The molecule has 1 fully saturated rings. The zero-order valence-corrected chi connectivity index (χ0v) is 20.9. The second kappa shape index (κ2) is 9.47. The smallest absolute Gasteiger partial charge is 0.251 e. The average Bonchev–Trinajstić information content (AvgIpc) is 3.07. The monoisotopic (exact) mass is 469 g/mol. The van der Waals surface area contributed by atoms with Crippen LogP contribution in [0.1, 0.15) is 54.2 Å². The van der Waals surface area contributed by atoms with Crippen molar-refractivity contribution < 1.29 is 13.2 Å². The van der Waals surface area contributed by atoms with Gasteiger partial charge < -0.3 is 5.32 Å². The van der Waals surface area contributed by atoms with Crippen LogP contribution in [-0.2, 0) is 29.5 Å². The van der Waals surface area contributed by atoms with Crippen LogP contribution in [-0.4, -0.2) is 44.6 Å².